The predicted molar refractivity (Wildman–Crippen MR) is 134 cm³/mol. The van der Waals surface area contributed by atoms with E-state index < -0.39 is 5.91 Å². The van der Waals surface area contributed by atoms with Gasteiger partial charge in [0.15, 0.2) is 5.96 Å². The van der Waals surface area contributed by atoms with Crippen molar-refractivity contribution >= 4 is 53.1 Å². The van der Waals surface area contributed by atoms with Crippen LogP contribution in [0, 0.1) is 6.92 Å². The number of carbonyl (C=O) groups excluding carboxylic acids is 2. The average molecular weight is 543 g/mol. The fourth-order valence-corrected chi connectivity index (χ4v) is 3.72. The van der Waals surface area contributed by atoms with Gasteiger partial charge in [0.25, 0.3) is 5.91 Å². The van der Waals surface area contributed by atoms with Crippen molar-refractivity contribution in [2.45, 2.75) is 39.8 Å². The highest BCUT2D eigenvalue weighted by Gasteiger charge is 2.09. The van der Waals surface area contributed by atoms with Gasteiger partial charge in [-0.2, -0.15) is 0 Å². The van der Waals surface area contributed by atoms with Gasteiger partial charge in [-0.3, -0.25) is 9.59 Å². The van der Waals surface area contributed by atoms with Crippen LogP contribution in [-0.4, -0.2) is 36.9 Å². The molecule has 0 aliphatic heterocycles. The number of amides is 2. The second kappa shape index (κ2) is 13.2. The Morgan fingerprint density at radius 2 is 1.83 bits per heavy atom. The predicted octanol–water partition coefficient (Wildman–Crippen LogP) is 2.58. The highest BCUT2D eigenvalue weighted by atomic mass is 127. The van der Waals surface area contributed by atoms with Gasteiger partial charge in [-0.05, 0) is 50.6 Å². The molecular weight excluding hydrogens is 513 g/mol. The Bertz CT molecular complexity index is 851. The number of aryl methyl sites for hydroxylation is 1. The van der Waals surface area contributed by atoms with Crippen molar-refractivity contribution < 1.29 is 9.59 Å². The maximum Gasteiger partial charge on any atom is 0.251 e. The Labute approximate surface area is 198 Å². The molecule has 0 aliphatic rings. The summed E-state index contributed by atoms with van der Waals surface area (Å²) >= 11 is 1.82. The van der Waals surface area contributed by atoms with E-state index in [4.69, 9.17) is 5.73 Å². The van der Waals surface area contributed by atoms with Gasteiger partial charge in [-0.15, -0.1) is 35.3 Å². The van der Waals surface area contributed by atoms with Gasteiger partial charge in [0.1, 0.15) is 0 Å². The molecule has 2 rings (SSSR count). The molecule has 1 atom stereocenters. The Balaban J connectivity index is 0.00000450. The number of hydrogen-bond donors (Lipinski definition) is 4. The van der Waals surface area contributed by atoms with Crippen molar-refractivity contribution in [3.63, 3.8) is 0 Å². The number of nitrogens with two attached hydrogens (primary N) is 1. The number of hydrogen-bond acceptors (Lipinski definition) is 4. The molecule has 0 bridgehead atoms. The molecule has 9 heteroatoms. The minimum atomic E-state index is -0.573. The molecule has 2 aromatic rings. The average Bonchev–Trinajstić information content (AvgIpc) is 3.09. The van der Waals surface area contributed by atoms with E-state index in [1.807, 2.05) is 30.4 Å². The van der Waals surface area contributed by atoms with Gasteiger partial charge in [-0.25, -0.2) is 4.99 Å². The van der Waals surface area contributed by atoms with Crippen molar-refractivity contribution in [2.24, 2.45) is 10.7 Å². The lowest BCUT2D eigenvalue weighted by atomic mass is 10.1. The second-order valence-electron chi connectivity index (χ2n) is 6.80. The van der Waals surface area contributed by atoms with E-state index >= 15 is 0 Å². The fraction of sp³-hybridized carbons (Fsp3) is 0.381. The summed E-state index contributed by atoms with van der Waals surface area (Å²) in [6.07, 6.45) is 0.942. The van der Waals surface area contributed by atoms with Crippen LogP contribution in [0.3, 0.4) is 0 Å². The van der Waals surface area contributed by atoms with E-state index in [1.54, 1.807) is 12.1 Å². The standard InChI is InChI=1S/C21H29N5O2S.HI/c1-4-23-21(26-14(2)11-18-10-5-15(3)29-18)25-12-16-6-8-17(9-7-16)20(28)24-13-19(22)27;/h5-10,14H,4,11-13H2,1-3H3,(H2,22,27)(H,24,28)(H2,23,25,26);1H. The number of guanidine groups is 1. The molecule has 1 aromatic heterocycles. The van der Waals surface area contributed by atoms with Crippen molar-refractivity contribution in [1.29, 1.82) is 0 Å². The van der Waals surface area contributed by atoms with Crippen molar-refractivity contribution in [3.05, 3.63) is 57.3 Å². The van der Waals surface area contributed by atoms with Crippen molar-refractivity contribution in [1.82, 2.24) is 16.0 Å². The van der Waals surface area contributed by atoms with Crippen LogP contribution in [0.15, 0.2) is 41.4 Å². The van der Waals surface area contributed by atoms with Crippen LogP contribution in [0.25, 0.3) is 0 Å². The highest BCUT2D eigenvalue weighted by Crippen LogP contribution is 2.16. The normalized spacial score (nSPS) is 11.9. The topological polar surface area (TPSA) is 109 Å². The minimum Gasteiger partial charge on any atom is -0.368 e. The van der Waals surface area contributed by atoms with E-state index in [1.165, 1.54) is 9.75 Å². The number of primary amides is 1. The number of carbonyl (C=O) groups is 2. The third-order valence-electron chi connectivity index (χ3n) is 4.09. The summed E-state index contributed by atoms with van der Waals surface area (Å²) in [7, 11) is 0. The molecule has 0 spiro atoms. The lowest BCUT2D eigenvalue weighted by Gasteiger charge is -2.17. The zero-order valence-electron chi connectivity index (χ0n) is 17.5. The Morgan fingerprint density at radius 1 is 1.13 bits per heavy atom. The Hall–Kier alpha value is -2.14. The van der Waals surface area contributed by atoms with Crippen LogP contribution in [-0.2, 0) is 17.8 Å². The van der Waals surface area contributed by atoms with Gasteiger partial charge in [-0.1, -0.05) is 12.1 Å². The Morgan fingerprint density at radius 3 is 2.40 bits per heavy atom. The summed E-state index contributed by atoms with van der Waals surface area (Å²) in [5, 5.41) is 9.17. The van der Waals surface area contributed by atoms with Crippen LogP contribution in [0.1, 0.15) is 39.5 Å². The maximum atomic E-state index is 11.9. The molecule has 0 saturated heterocycles. The first kappa shape index (κ1) is 25.9. The first-order valence-electron chi connectivity index (χ1n) is 9.63. The molecule has 164 valence electrons. The summed E-state index contributed by atoms with van der Waals surface area (Å²) < 4.78 is 0. The number of halogens is 1. The molecular formula is C21H30IN5O2S. The molecule has 2 amide bonds. The second-order valence-corrected chi connectivity index (χ2v) is 8.18. The summed E-state index contributed by atoms with van der Waals surface area (Å²) in [6, 6.07) is 11.7. The SMILES string of the molecule is CCNC(=NCc1ccc(C(=O)NCC(N)=O)cc1)NC(C)Cc1ccc(C)s1.I. The zero-order valence-corrected chi connectivity index (χ0v) is 20.7. The van der Waals surface area contributed by atoms with Gasteiger partial charge in [0.05, 0.1) is 13.1 Å². The highest BCUT2D eigenvalue weighted by molar-refractivity contribution is 14.0. The lowest BCUT2D eigenvalue weighted by molar-refractivity contribution is -0.117. The first-order valence-corrected chi connectivity index (χ1v) is 10.4. The molecule has 0 fully saturated rings. The smallest absolute Gasteiger partial charge is 0.251 e. The number of thiophene rings is 1. The molecule has 0 saturated carbocycles. The summed E-state index contributed by atoms with van der Waals surface area (Å²) in [6.45, 7) is 7.38. The van der Waals surface area contributed by atoms with Gasteiger partial charge < -0.3 is 21.7 Å². The third-order valence-corrected chi connectivity index (χ3v) is 5.11. The van der Waals surface area contributed by atoms with Crippen LogP contribution in [0.5, 0.6) is 0 Å². The van der Waals surface area contributed by atoms with Crippen LogP contribution in [0.2, 0.25) is 0 Å². The largest absolute Gasteiger partial charge is 0.368 e. The summed E-state index contributed by atoms with van der Waals surface area (Å²) in [4.78, 5) is 30.0. The van der Waals surface area contributed by atoms with E-state index in [0.717, 1.165) is 24.5 Å². The number of rotatable bonds is 9. The number of benzene rings is 1. The number of aliphatic imine (C=N–C) groups is 1. The van der Waals surface area contributed by atoms with Gasteiger partial charge >= 0.3 is 0 Å². The van der Waals surface area contributed by atoms with E-state index in [-0.39, 0.29) is 42.5 Å². The fourth-order valence-electron chi connectivity index (χ4n) is 2.70. The molecule has 1 heterocycles. The summed E-state index contributed by atoms with van der Waals surface area (Å²) in [5.41, 5.74) is 6.49. The van der Waals surface area contributed by atoms with E-state index in [2.05, 4.69) is 46.9 Å². The van der Waals surface area contributed by atoms with E-state index in [9.17, 15) is 9.59 Å². The molecule has 0 radical (unpaired) electrons. The zero-order chi connectivity index (χ0) is 21.2. The Kier molecular flexibility index (Phi) is 11.4. The van der Waals surface area contributed by atoms with Crippen LogP contribution < -0.4 is 21.7 Å². The molecule has 7 nitrogen and oxygen atoms in total. The maximum absolute atomic E-state index is 11.9. The molecule has 0 aliphatic carbocycles. The molecule has 30 heavy (non-hydrogen) atoms. The van der Waals surface area contributed by atoms with Crippen LogP contribution in [0.4, 0.5) is 0 Å². The monoisotopic (exact) mass is 543 g/mol. The third kappa shape index (κ3) is 9.12. The van der Waals surface area contributed by atoms with E-state index in [0.29, 0.717) is 12.1 Å². The van der Waals surface area contributed by atoms with Crippen molar-refractivity contribution in [2.75, 3.05) is 13.1 Å². The quantitative estimate of drug-likeness (QED) is 0.222. The summed E-state index contributed by atoms with van der Waals surface area (Å²) in [5.74, 6) is -0.140. The molecule has 1 unspecified atom stereocenters. The van der Waals surface area contributed by atoms with Gasteiger partial charge in [0, 0.05) is 34.3 Å². The lowest BCUT2D eigenvalue weighted by Crippen LogP contribution is -2.43. The molecule has 5 N–H and O–H groups in total. The number of nitrogens with zero attached hydrogens (tertiary/aromatic N) is 1. The molecule has 1 aromatic carbocycles. The van der Waals surface area contributed by atoms with Crippen LogP contribution >= 0.6 is 35.3 Å². The number of nitrogens with one attached hydrogen (secondary N) is 3. The minimum absolute atomic E-state index is 0. The van der Waals surface area contributed by atoms with Crippen molar-refractivity contribution in [3.8, 4) is 0 Å². The first-order chi connectivity index (χ1) is 13.9. The van der Waals surface area contributed by atoms with Gasteiger partial charge in [0.2, 0.25) is 5.91 Å².